The third kappa shape index (κ3) is 2.52. The lowest BCUT2D eigenvalue weighted by Crippen LogP contribution is -2.49. The van der Waals surface area contributed by atoms with Crippen molar-refractivity contribution in [3.05, 3.63) is 28.2 Å². The molecule has 5 nitrogen and oxygen atoms in total. The number of halogens is 2. The molecule has 1 saturated heterocycles. The van der Waals surface area contributed by atoms with Crippen LogP contribution in [0.1, 0.15) is 6.42 Å². The first-order valence-electron chi connectivity index (χ1n) is 5.76. The molecule has 1 aromatic carbocycles. The molecule has 1 fully saturated rings. The molecule has 1 aliphatic rings. The van der Waals surface area contributed by atoms with Crippen LogP contribution in [0.2, 0.25) is 10.0 Å². The summed E-state index contributed by atoms with van der Waals surface area (Å²) in [5.74, 6) is 0. The SMILES string of the molecule is CN(C1(C#N)CCOC1)S(=O)(=O)c1ccc(Cl)c(Cl)c1. The van der Waals surface area contributed by atoms with Crippen molar-refractivity contribution in [3.63, 3.8) is 0 Å². The van der Waals surface area contributed by atoms with E-state index in [0.717, 1.165) is 4.31 Å². The van der Waals surface area contributed by atoms with E-state index < -0.39 is 15.6 Å². The van der Waals surface area contributed by atoms with Gasteiger partial charge in [-0.15, -0.1) is 0 Å². The zero-order valence-corrected chi connectivity index (χ0v) is 13.0. The maximum Gasteiger partial charge on any atom is 0.244 e. The second-order valence-corrected chi connectivity index (χ2v) is 7.28. The van der Waals surface area contributed by atoms with Gasteiger partial charge in [-0.2, -0.15) is 9.57 Å². The second kappa shape index (κ2) is 5.51. The van der Waals surface area contributed by atoms with E-state index in [0.29, 0.717) is 13.0 Å². The molecule has 1 aromatic rings. The standard InChI is InChI=1S/C12H12Cl2N2O3S/c1-16(12(7-15)4-5-19-8-12)20(17,18)9-2-3-10(13)11(14)6-9/h2-3,6H,4-5,8H2,1H3. The normalized spacial score (nSPS) is 22.9. The van der Waals surface area contributed by atoms with Gasteiger partial charge < -0.3 is 4.74 Å². The minimum atomic E-state index is -3.84. The number of nitrogens with zero attached hydrogens (tertiary/aromatic N) is 2. The number of nitriles is 1. The Kier molecular flexibility index (Phi) is 4.28. The van der Waals surface area contributed by atoms with Gasteiger partial charge in [0.2, 0.25) is 10.0 Å². The summed E-state index contributed by atoms with van der Waals surface area (Å²) in [5, 5.41) is 9.73. The first kappa shape index (κ1) is 15.5. The summed E-state index contributed by atoms with van der Waals surface area (Å²) in [6, 6.07) is 6.09. The molecule has 0 spiro atoms. The van der Waals surface area contributed by atoms with E-state index in [1.807, 2.05) is 6.07 Å². The van der Waals surface area contributed by atoms with E-state index in [1.165, 1.54) is 25.2 Å². The third-order valence-electron chi connectivity index (χ3n) is 3.36. The fourth-order valence-electron chi connectivity index (χ4n) is 1.99. The minimum Gasteiger partial charge on any atom is -0.378 e. The van der Waals surface area contributed by atoms with Crippen molar-refractivity contribution in [1.29, 1.82) is 5.26 Å². The number of hydrogen-bond donors (Lipinski definition) is 0. The predicted octanol–water partition coefficient (Wildman–Crippen LogP) is 2.30. The smallest absolute Gasteiger partial charge is 0.244 e. The molecule has 1 aliphatic heterocycles. The lowest BCUT2D eigenvalue weighted by Gasteiger charge is -2.30. The van der Waals surface area contributed by atoms with Gasteiger partial charge in [0, 0.05) is 20.1 Å². The van der Waals surface area contributed by atoms with Crippen molar-refractivity contribution in [3.8, 4) is 6.07 Å². The lowest BCUT2D eigenvalue weighted by molar-refractivity contribution is 0.162. The van der Waals surface area contributed by atoms with Crippen LogP contribution >= 0.6 is 23.2 Å². The summed E-state index contributed by atoms with van der Waals surface area (Å²) in [4.78, 5) is -0.00377. The van der Waals surface area contributed by atoms with Crippen LogP contribution in [0, 0.1) is 11.3 Å². The van der Waals surface area contributed by atoms with Gasteiger partial charge in [0.05, 0.1) is 27.6 Å². The summed E-state index contributed by atoms with van der Waals surface area (Å²) in [6.45, 7) is 0.412. The molecule has 2 rings (SSSR count). The lowest BCUT2D eigenvalue weighted by atomic mass is 10.0. The summed E-state index contributed by atoms with van der Waals surface area (Å²) in [7, 11) is -2.47. The fraction of sp³-hybridized carbons (Fsp3) is 0.417. The molecule has 0 aliphatic carbocycles. The van der Waals surface area contributed by atoms with Crippen LogP contribution in [0.4, 0.5) is 0 Å². The van der Waals surface area contributed by atoms with E-state index in [9.17, 15) is 13.7 Å². The van der Waals surface area contributed by atoms with Gasteiger partial charge in [0.1, 0.15) is 5.54 Å². The summed E-state index contributed by atoms with van der Waals surface area (Å²) in [6.07, 6.45) is 0.334. The monoisotopic (exact) mass is 334 g/mol. The average Bonchev–Trinajstić information content (AvgIpc) is 2.90. The molecule has 1 atom stereocenters. The Balaban J connectivity index is 2.44. The fourth-order valence-corrected chi connectivity index (χ4v) is 3.82. The van der Waals surface area contributed by atoms with Crippen molar-refractivity contribution in [2.45, 2.75) is 16.9 Å². The van der Waals surface area contributed by atoms with E-state index in [-0.39, 0.29) is 21.5 Å². The molecule has 0 radical (unpaired) electrons. The summed E-state index contributed by atoms with van der Waals surface area (Å²) < 4.78 is 31.3. The largest absolute Gasteiger partial charge is 0.378 e. The van der Waals surface area contributed by atoms with Crippen molar-refractivity contribution < 1.29 is 13.2 Å². The predicted molar refractivity (Wildman–Crippen MR) is 75.2 cm³/mol. The number of rotatable bonds is 3. The van der Waals surface area contributed by atoms with Crippen molar-refractivity contribution in [2.75, 3.05) is 20.3 Å². The Hall–Kier alpha value is -0.840. The van der Waals surface area contributed by atoms with Gasteiger partial charge in [0.15, 0.2) is 0 Å². The molecule has 108 valence electrons. The molecule has 1 heterocycles. The molecular formula is C12H12Cl2N2O3S. The molecule has 0 amide bonds. The molecular weight excluding hydrogens is 323 g/mol. The van der Waals surface area contributed by atoms with Crippen molar-refractivity contribution in [2.24, 2.45) is 0 Å². The highest BCUT2D eigenvalue weighted by molar-refractivity contribution is 7.89. The van der Waals surface area contributed by atoms with Gasteiger partial charge in [-0.05, 0) is 18.2 Å². The number of likely N-dealkylation sites (N-methyl/N-ethyl adjacent to an activating group) is 1. The Labute approximate surface area is 127 Å². The zero-order valence-electron chi connectivity index (χ0n) is 10.6. The first-order valence-corrected chi connectivity index (χ1v) is 7.96. The van der Waals surface area contributed by atoms with Crippen LogP contribution in [-0.2, 0) is 14.8 Å². The van der Waals surface area contributed by atoms with Crippen LogP contribution in [0.5, 0.6) is 0 Å². The zero-order chi connectivity index (χ0) is 15.0. The van der Waals surface area contributed by atoms with Gasteiger partial charge in [-0.3, -0.25) is 0 Å². The minimum absolute atomic E-state index is 0.00377. The molecule has 0 saturated carbocycles. The maximum atomic E-state index is 12.6. The van der Waals surface area contributed by atoms with Gasteiger partial charge in [-0.25, -0.2) is 8.42 Å². The number of sulfonamides is 1. The Morgan fingerprint density at radius 1 is 1.40 bits per heavy atom. The van der Waals surface area contributed by atoms with Crippen LogP contribution in [-0.4, -0.2) is 38.5 Å². The third-order valence-corrected chi connectivity index (χ3v) is 6.02. The van der Waals surface area contributed by atoms with Crippen LogP contribution in [0.25, 0.3) is 0 Å². The van der Waals surface area contributed by atoms with Crippen molar-refractivity contribution in [1.82, 2.24) is 4.31 Å². The highest BCUT2D eigenvalue weighted by Gasteiger charge is 2.45. The van der Waals surface area contributed by atoms with Crippen LogP contribution in [0.15, 0.2) is 23.1 Å². The van der Waals surface area contributed by atoms with E-state index in [4.69, 9.17) is 27.9 Å². The van der Waals surface area contributed by atoms with Crippen molar-refractivity contribution >= 4 is 33.2 Å². The highest BCUT2D eigenvalue weighted by atomic mass is 35.5. The summed E-state index contributed by atoms with van der Waals surface area (Å²) in [5.41, 5.74) is -1.18. The number of benzene rings is 1. The van der Waals surface area contributed by atoms with Gasteiger partial charge >= 0.3 is 0 Å². The molecule has 0 aromatic heterocycles. The Morgan fingerprint density at radius 3 is 2.60 bits per heavy atom. The number of ether oxygens (including phenoxy) is 1. The van der Waals surface area contributed by atoms with Crippen LogP contribution < -0.4 is 0 Å². The van der Waals surface area contributed by atoms with E-state index in [2.05, 4.69) is 0 Å². The molecule has 20 heavy (non-hydrogen) atoms. The molecule has 0 bridgehead atoms. The van der Waals surface area contributed by atoms with Crippen LogP contribution in [0.3, 0.4) is 0 Å². The number of hydrogen-bond acceptors (Lipinski definition) is 4. The topological polar surface area (TPSA) is 70.4 Å². The van der Waals surface area contributed by atoms with Gasteiger partial charge in [-0.1, -0.05) is 23.2 Å². The Morgan fingerprint density at radius 2 is 2.10 bits per heavy atom. The highest BCUT2D eigenvalue weighted by Crippen LogP contribution is 2.32. The van der Waals surface area contributed by atoms with E-state index >= 15 is 0 Å². The summed E-state index contributed by atoms with van der Waals surface area (Å²) >= 11 is 11.6. The first-order chi connectivity index (χ1) is 9.33. The average molecular weight is 335 g/mol. The van der Waals surface area contributed by atoms with Gasteiger partial charge in [0.25, 0.3) is 0 Å². The molecule has 1 unspecified atom stereocenters. The molecule has 8 heteroatoms. The quantitative estimate of drug-likeness (QED) is 0.850. The van der Waals surface area contributed by atoms with E-state index in [1.54, 1.807) is 0 Å². The molecule has 0 N–H and O–H groups in total. The second-order valence-electron chi connectivity index (χ2n) is 4.49. The Bertz CT molecular complexity index is 664. The maximum absolute atomic E-state index is 12.6.